The van der Waals surface area contributed by atoms with E-state index in [9.17, 15) is 0 Å². The summed E-state index contributed by atoms with van der Waals surface area (Å²) in [6, 6.07) is 10.1. The molecule has 0 N–H and O–H groups in total. The van der Waals surface area contributed by atoms with Crippen molar-refractivity contribution in [1.82, 2.24) is 9.78 Å². The minimum absolute atomic E-state index is 0.340. The zero-order valence-electron chi connectivity index (χ0n) is 11.1. The highest BCUT2D eigenvalue weighted by atomic mass is 127. The molecule has 0 amide bonds. The van der Waals surface area contributed by atoms with Crippen LogP contribution >= 0.6 is 22.6 Å². The summed E-state index contributed by atoms with van der Waals surface area (Å²) < 4.78 is 8.70. The molecule has 3 rings (SSSR count). The maximum Gasteiger partial charge on any atom is 0.103 e. The van der Waals surface area contributed by atoms with Crippen LogP contribution in [0.3, 0.4) is 0 Å². The van der Waals surface area contributed by atoms with Gasteiger partial charge in [0.25, 0.3) is 0 Å². The Labute approximate surface area is 131 Å². The van der Waals surface area contributed by atoms with E-state index in [-0.39, 0.29) is 0 Å². The van der Waals surface area contributed by atoms with Gasteiger partial charge in [-0.2, -0.15) is 10.4 Å². The molecule has 102 valence electrons. The van der Waals surface area contributed by atoms with Gasteiger partial charge in [-0.15, -0.1) is 0 Å². The lowest BCUT2D eigenvalue weighted by molar-refractivity contribution is 0.184. The van der Waals surface area contributed by atoms with E-state index >= 15 is 0 Å². The maximum absolute atomic E-state index is 8.86. The lowest BCUT2D eigenvalue weighted by Crippen LogP contribution is -2.12. The molecule has 0 spiro atoms. The lowest BCUT2D eigenvalue weighted by Gasteiger charge is -2.09. The van der Waals surface area contributed by atoms with E-state index in [0.29, 0.717) is 11.6 Å². The highest BCUT2D eigenvalue weighted by molar-refractivity contribution is 14.1. The Kier molecular flexibility index (Phi) is 3.76. The second-order valence-corrected chi connectivity index (χ2v) is 5.94. The molecule has 4 nitrogen and oxygen atoms in total. The monoisotopic (exact) mass is 379 g/mol. The molecule has 1 aliphatic heterocycles. The van der Waals surface area contributed by atoms with E-state index in [4.69, 9.17) is 15.1 Å². The number of benzene rings is 1. The fourth-order valence-electron chi connectivity index (χ4n) is 2.43. The number of rotatable bonds is 2. The van der Waals surface area contributed by atoms with Gasteiger partial charge in [0.05, 0.1) is 30.0 Å². The molecule has 1 saturated heterocycles. The van der Waals surface area contributed by atoms with Gasteiger partial charge in [0, 0.05) is 17.7 Å². The van der Waals surface area contributed by atoms with Gasteiger partial charge in [0.2, 0.25) is 0 Å². The van der Waals surface area contributed by atoms with Gasteiger partial charge in [0.1, 0.15) is 3.70 Å². The Bertz CT molecular complexity index is 664. The molecule has 1 aromatic heterocycles. The summed E-state index contributed by atoms with van der Waals surface area (Å²) >= 11 is 2.35. The van der Waals surface area contributed by atoms with Gasteiger partial charge in [-0.05, 0) is 48.1 Å². The van der Waals surface area contributed by atoms with Crippen LogP contribution in [0.1, 0.15) is 23.6 Å². The average Bonchev–Trinajstić information content (AvgIpc) is 3.10. The third kappa shape index (κ3) is 2.34. The van der Waals surface area contributed by atoms with Crippen LogP contribution in [0.2, 0.25) is 0 Å². The van der Waals surface area contributed by atoms with Crippen molar-refractivity contribution in [3.63, 3.8) is 0 Å². The quantitative estimate of drug-likeness (QED) is 0.753. The Hall–Kier alpha value is -1.39. The minimum Gasteiger partial charge on any atom is -0.379 e. The van der Waals surface area contributed by atoms with E-state index in [1.807, 2.05) is 24.3 Å². The van der Waals surface area contributed by atoms with Crippen molar-refractivity contribution in [3.8, 4) is 17.3 Å². The number of nitriles is 1. The first-order valence-corrected chi connectivity index (χ1v) is 7.61. The summed E-state index contributed by atoms with van der Waals surface area (Å²) in [7, 11) is 0. The van der Waals surface area contributed by atoms with Crippen molar-refractivity contribution in [1.29, 1.82) is 5.26 Å². The molecule has 2 heterocycles. The van der Waals surface area contributed by atoms with Crippen LogP contribution in [0.15, 0.2) is 24.3 Å². The lowest BCUT2D eigenvalue weighted by atomic mass is 10.1. The number of aromatic nitrogens is 2. The number of hydrogen-bond donors (Lipinski definition) is 0. The molecule has 20 heavy (non-hydrogen) atoms. The number of hydrogen-bond acceptors (Lipinski definition) is 3. The second-order valence-electron chi connectivity index (χ2n) is 4.92. The number of halogens is 1. The fourth-order valence-corrected chi connectivity index (χ4v) is 3.19. The van der Waals surface area contributed by atoms with Gasteiger partial charge in [-0.3, -0.25) is 4.68 Å². The Morgan fingerprint density at radius 3 is 2.75 bits per heavy atom. The minimum atomic E-state index is 0.340. The Balaban J connectivity index is 2.01. The third-order valence-corrected chi connectivity index (χ3v) is 4.92. The standard InChI is InChI=1S/C15H14IN3O/c1-10-14(12-4-2-11(8-17)3-5-12)18-19(15(10)16)13-6-7-20-9-13/h2-5,13H,6-7,9H2,1H3. The summed E-state index contributed by atoms with van der Waals surface area (Å²) in [5.41, 5.74) is 3.90. The van der Waals surface area contributed by atoms with E-state index in [2.05, 4.69) is 40.3 Å². The van der Waals surface area contributed by atoms with Gasteiger partial charge < -0.3 is 4.74 Å². The van der Waals surface area contributed by atoms with Crippen LogP contribution in [-0.2, 0) is 4.74 Å². The first-order valence-electron chi connectivity index (χ1n) is 6.53. The summed E-state index contributed by atoms with van der Waals surface area (Å²) in [6.45, 7) is 3.64. The maximum atomic E-state index is 8.86. The van der Waals surface area contributed by atoms with Crippen molar-refractivity contribution in [2.45, 2.75) is 19.4 Å². The smallest absolute Gasteiger partial charge is 0.103 e. The van der Waals surface area contributed by atoms with Crippen molar-refractivity contribution in [2.24, 2.45) is 0 Å². The van der Waals surface area contributed by atoms with Crippen molar-refractivity contribution in [2.75, 3.05) is 13.2 Å². The van der Waals surface area contributed by atoms with Crippen molar-refractivity contribution in [3.05, 3.63) is 39.1 Å². The summed E-state index contributed by atoms with van der Waals surface area (Å²) in [4.78, 5) is 0. The SMILES string of the molecule is Cc1c(-c2ccc(C#N)cc2)nn(C2CCOC2)c1I. The molecule has 1 atom stereocenters. The van der Waals surface area contributed by atoms with E-state index in [1.54, 1.807) is 0 Å². The molecule has 1 aromatic carbocycles. The molecule has 1 unspecified atom stereocenters. The molecule has 0 saturated carbocycles. The fraction of sp³-hybridized carbons (Fsp3) is 0.333. The predicted octanol–water partition coefficient (Wildman–Crippen LogP) is 3.30. The van der Waals surface area contributed by atoms with Gasteiger partial charge in [-0.25, -0.2) is 0 Å². The highest BCUT2D eigenvalue weighted by Gasteiger charge is 2.23. The van der Waals surface area contributed by atoms with Crippen LogP contribution in [0.5, 0.6) is 0 Å². The Morgan fingerprint density at radius 1 is 1.40 bits per heavy atom. The normalized spacial score (nSPS) is 18.1. The number of ether oxygens (including phenoxy) is 1. The molecular formula is C15H14IN3O. The van der Waals surface area contributed by atoms with Crippen LogP contribution in [0.25, 0.3) is 11.3 Å². The van der Waals surface area contributed by atoms with Crippen LogP contribution in [-0.4, -0.2) is 23.0 Å². The summed E-state index contributed by atoms with van der Waals surface area (Å²) in [5.74, 6) is 0. The van der Waals surface area contributed by atoms with E-state index in [0.717, 1.165) is 34.6 Å². The average molecular weight is 379 g/mol. The number of nitrogens with zero attached hydrogens (tertiary/aromatic N) is 3. The first-order chi connectivity index (χ1) is 9.70. The van der Waals surface area contributed by atoms with E-state index < -0.39 is 0 Å². The zero-order chi connectivity index (χ0) is 14.1. The second kappa shape index (κ2) is 5.54. The topological polar surface area (TPSA) is 50.8 Å². The third-order valence-electron chi connectivity index (χ3n) is 3.61. The molecule has 1 aliphatic rings. The molecule has 2 aromatic rings. The summed E-state index contributed by atoms with van der Waals surface area (Å²) in [5, 5.41) is 13.6. The van der Waals surface area contributed by atoms with E-state index in [1.165, 1.54) is 5.56 Å². The van der Waals surface area contributed by atoms with Crippen molar-refractivity contribution >= 4 is 22.6 Å². The first kappa shape index (κ1) is 13.6. The van der Waals surface area contributed by atoms with Crippen molar-refractivity contribution < 1.29 is 4.74 Å². The van der Waals surface area contributed by atoms with Gasteiger partial charge in [0.15, 0.2) is 0 Å². The summed E-state index contributed by atoms with van der Waals surface area (Å²) in [6.07, 6.45) is 1.02. The molecule has 5 heteroatoms. The van der Waals surface area contributed by atoms with Crippen LogP contribution in [0, 0.1) is 22.0 Å². The highest BCUT2D eigenvalue weighted by Crippen LogP contribution is 2.30. The molecule has 0 radical (unpaired) electrons. The molecular weight excluding hydrogens is 365 g/mol. The van der Waals surface area contributed by atoms with Gasteiger partial charge in [-0.1, -0.05) is 12.1 Å². The predicted molar refractivity (Wildman–Crippen MR) is 84.3 cm³/mol. The van der Waals surface area contributed by atoms with Gasteiger partial charge >= 0.3 is 0 Å². The zero-order valence-corrected chi connectivity index (χ0v) is 13.3. The largest absolute Gasteiger partial charge is 0.379 e. The molecule has 0 aliphatic carbocycles. The Morgan fingerprint density at radius 2 is 2.15 bits per heavy atom. The van der Waals surface area contributed by atoms with Crippen LogP contribution in [0.4, 0.5) is 0 Å². The molecule has 0 bridgehead atoms. The van der Waals surface area contributed by atoms with Crippen LogP contribution < -0.4 is 0 Å². The molecule has 1 fully saturated rings.